The number of nitrogen functional groups attached to an aromatic ring is 1. The minimum absolute atomic E-state index is 0.0169. The molecule has 0 aliphatic carbocycles. The lowest BCUT2D eigenvalue weighted by atomic mass is 10.2. The van der Waals surface area contributed by atoms with Crippen molar-refractivity contribution in [3.8, 4) is 5.88 Å². The summed E-state index contributed by atoms with van der Waals surface area (Å²) >= 11 is 3.17. The summed E-state index contributed by atoms with van der Waals surface area (Å²) in [6, 6.07) is 6.60. The summed E-state index contributed by atoms with van der Waals surface area (Å²) in [5.41, 5.74) is 7.85. The Morgan fingerprint density at radius 2 is 2.05 bits per heavy atom. The number of aryl methyl sites for hydroxylation is 1. The Labute approximate surface area is 131 Å². The van der Waals surface area contributed by atoms with Gasteiger partial charge in [0.25, 0.3) is 0 Å². The zero-order valence-corrected chi connectivity index (χ0v) is 13.7. The number of hydrogen-bond donors (Lipinski definition) is 2. The maximum Gasteiger partial charge on any atom is 0.239 e. The lowest BCUT2D eigenvalue weighted by Gasteiger charge is -2.14. The fourth-order valence-corrected chi connectivity index (χ4v) is 2.10. The molecule has 0 radical (unpaired) electrons. The topological polar surface area (TPSA) is 60.2 Å². The molecular weight excluding hydrogens is 337 g/mol. The average molecular weight is 354 g/mol. The van der Waals surface area contributed by atoms with Gasteiger partial charge in [0.05, 0.1) is 16.3 Å². The first-order chi connectivity index (χ1) is 9.86. The van der Waals surface area contributed by atoms with Crippen molar-refractivity contribution in [3.05, 3.63) is 40.1 Å². The van der Waals surface area contributed by atoms with E-state index < -0.39 is 0 Å². The average Bonchev–Trinajstić information content (AvgIpc) is 2.39. The van der Waals surface area contributed by atoms with Crippen LogP contribution >= 0.6 is 15.9 Å². The number of hydrogen-bond acceptors (Lipinski definition) is 4. The number of ether oxygens (including phenoxy) is 1. The molecular formula is C15H17BrFN3O. The molecule has 4 nitrogen and oxygen atoms in total. The molecule has 0 atom stereocenters. The molecule has 0 aliphatic rings. The summed E-state index contributed by atoms with van der Waals surface area (Å²) in [6.07, 6.45) is -0.0169. The summed E-state index contributed by atoms with van der Waals surface area (Å²) in [6.45, 7) is 5.63. The van der Waals surface area contributed by atoms with Crippen molar-refractivity contribution in [2.75, 3.05) is 11.1 Å². The molecule has 6 heteroatoms. The van der Waals surface area contributed by atoms with Crippen LogP contribution in [0.15, 0.2) is 28.7 Å². The van der Waals surface area contributed by atoms with E-state index in [-0.39, 0.29) is 11.9 Å². The van der Waals surface area contributed by atoms with Crippen LogP contribution in [0, 0.1) is 12.7 Å². The number of nitrogens with two attached hydrogens (primary N) is 1. The summed E-state index contributed by atoms with van der Waals surface area (Å²) < 4.78 is 19.4. The number of benzene rings is 1. The molecule has 0 spiro atoms. The summed E-state index contributed by atoms with van der Waals surface area (Å²) in [4.78, 5) is 4.33. The number of rotatable bonds is 4. The summed E-state index contributed by atoms with van der Waals surface area (Å²) in [5.74, 6) is 0.669. The van der Waals surface area contributed by atoms with Gasteiger partial charge in [0.2, 0.25) is 5.88 Å². The van der Waals surface area contributed by atoms with E-state index in [1.807, 2.05) is 20.8 Å². The number of aromatic nitrogens is 1. The first-order valence-electron chi connectivity index (χ1n) is 6.52. The molecule has 0 saturated carbocycles. The number of nitrogens with zero attached hydrogens (tertiary/aromatic N) is 1. The predicted octanol–water partition coefficient (Wildman–Crippen LogP) is 4.40. The van der Waals surface area contributed by atoms with Crippen LogP contribution < -0.4 is 15.8 Å². The molecule has 0 fully saturated rings. The molecule has 21 heavy (non-hydrogen) atoms. The quantitative estimate of drug-likeness (QED) is 0.854. The largest absolute Gasteiger partial charge is 0.473 e. The molecule has 0 saturated heterocycles. The Kier molecular flexibility index (Phi) is 4.67. The van der Waals surface area contributed by atoms with Gasteiger partial charge in [0.1, 0.15) is 11.6 Å². The third-order valence-electron chi connectivity index (χ3n) is 2.77. The zero-order chi connectivity index (χ0) is 15.6. The molecule has 0 bridgehead atoms. The third kappa shape index (κ3) is 3.85. The van der Waals surface area contributed by atoms with Crippen molar-refractivity contribution >= 4 is 33.1 Å². The first-order valence-corrected chi connectivity index (χ1v) is 7.32. The Hall–Kier alpha value is -1.82. The van der Waals surface area contributed by atoms with E-state index in [1.165, 1.54) is 6.07 Å². The monoisotopic (exact) mass is 353 g/mol. The Morgan fingerprint density at radius 1 is 1.33 bits per heavy atom. The lowest BCUT2D eigenvalue weighted by Crippen LogP contribution is -2.09. The fourth-order valence-electron chi connectivity index (χ4n) is 1.76. The van der Waals surface area contributed by atoms with Crippen LogP contribution in [-0.4, -0.2) is 11.1 Å². The Balaban J connectivity index is 2.30. The fraction of sp³-hybridized carbons (Fsp3) is 0.267. The minimum Gasteiger partial charge on any atom is -0.473 e. The number of halogens is 2. The maximum absolute atomic E-state index is 13.4. The van der Waals surface area contributed by atoms with Crippen LogP contribution in [0.4, 0.5) is 21.6 Å². The van der Waals surface area contributed by atoms with Crippen LogP contribution in [0.2, 0.25) is 0 Å². The SMILES string of the molecule is Cc1cc(F)c(Br)cc1Nc1ccc(N)c(OC(C)C)n1. The highest BCUT2D eigenvalue weighted by Gasteiger charge is 2.09. The van der Waals surface area contributed by atoms with Gasteiger partial charge in [-0.1, -0.05) is 0 Å². The van der Waals surface area contributed by atoms with Crippen molar-refractivity contribution < 1.29 is 9.13 Å². The smallest absolute Gasteiger partial charge is 0.239 e. The highest BCUT2D eigenvalue weighted by Crippen LogP contribution is 2.28. The Bertz CT molecular complexity index is 662. The predicted molar refractivity (Wildman–Crippen MR) is 86.5 cm³/mol. The van der Waals surface area contributed by atoms with Crippen LogP contribution in [0.25, 0.3) is 0 Å². The van der Waals surface area contributed by atoms with Crippen molar-refractivity contribution in [2.45, 2.75) is 26.9 Å². The van der Waals surface area contributed by atoms with Crippen LogP contribution in [0.5, 0.6) is 5.88 Å². The van der Waals surface area contributed by atoms with Crippen molar-refractivity contribution in [1.82, 2.24) is 4.98 Å². The van der Waals surface area contributed by atoms with Gasteiger partial charge < -0.3 is 15.8 Å². The second-order valence-electron chi connectivity index (χ2n) is 4.96. The van der Waals surface area contributed by atoms with Gasteiger partial charge in [-0.2, -0.15) is 4.98 Å². The second-order valence-corrected chi connectivity index (χ2v) is 5.82. The van der Waals surface area contributed by atoms with E-state index >= 15 is 0 Å². The van der Waals surface area contributed by atoms with Crippen molar-refractivity contribution in [1.29, 1.82) is 0 Å². The van der Waals surface area contributed by atoms with Gasteiger partial charge in [-0.3, -0.25) is 0 Å². The van der Waals surface area contributed by atoms with Crippen molar-refractivity contribution in [3.63, 3.8) is 0 Å². The zero-order valence-electron chi connectivity index (χ0n) is 12.1. The van der Waals surface area contributed by atoms with E-state index in [9.17, 15) is 4.39 Å². The van der Waals surface area contributed by atoms with E-state index in [2.05, 4.69) is 26.2 Å². The molecule has 0 aliphatic heterocycles. The summed E-state index contributed by atoms with van der Waals surface area (Å²) in [7, 11) is 0. The summed E-state index contributed by atoms with van der Waals surface area (Å²) in [5, 5.41) is 3.14. The van der Waals surface area contributed by atoms with Crippen LogP contribution in [0.1, 0.15) is 19.4 Å². The van der Waals surface area contributed by atoms with Gasteiger partial charge in [0.15, 0.2) is 0 Å². The van der Waals surface area contributed by atoms with E-state index in [4.69, 9.17) is 10.5 Å². The lowest BCUT2D eigenvalue weighted by molar-refractivity contribution is 0.234. The standard InChI is InChI=1S/C15H17BrFN3O/c1-8(2)21-15-12(18)4-5-14(20-15)19-13-7-10(16)11(17)6-9(13)3/h4-8H,18H2,1-3H3,(H,19,20). The molecule has 112 valence electrons. The number of pyridine rings is 1. The van der Waals surface area contributed by atoms with E-state index in [1.54, 1.807) is 18.2 Å². The second kappa shape index (κ2) is 6.30. The number of anilines is 3. The normalized spacial score (nSPS) is 10.8. The van der Waals surface area contributed by atoms with Crippen LogP contribution in [-0.2, 0) is 0 Å². The van der Waals surface area contributed by atoms with Gasteiger partial charge in [-0.05, 0) is 66.5 Å². The molecule has 3 N–H and O–H groups in total. The van der Waals surface area contributed by atoms with E-state index in [0.29, 0.717) is 21.9 Å². The van der Waals surface area contributed by atoms with E-state index in [0.717, 1.165) is 11.3 Å². The molecule has 2 rings (SSSR count). The maximum atomic E-state index is 13.4. The molecule has 0 amide bonds. The third-order valence-corrected chi connectivity index (χ3v) is 3.37. The molecule has 1 heterocycles. The minimum atomic E-state index is -0.299. The molecule has 1 aromatic carbocycles. The number of nitrogens with one attached hydrogen (secondary N) is 1. The van der Waals surface area contributed by atoms with Gasteiger partial charge >= 0.3 is 0 Å². The molecule has 0 unspecified atom stereocenters. The van der Waals surface area contributed by atoms with Gasteiger partial charge in [-0.25, -0.2) is 4.39 Å². The highest BCUT2D eigenvalue weighted by molar-refractivity contribution is 9.10. The highest BCUT2D eigenvalue weighted by atomic mass is 79.9. The first kappa shape index (κ1) is 15.6. The molecule has 1 aromatic heterocycles. The Morgan fingerprint density at radius 3 is 2.71 bits per heavy atom. The van der Waals surface area contributed by atoms with Crippen LogP contribution in [0.3, 0.4) is 0 Å². The van der Waals surface area contributed by atoms with Crippen molar-refractivity contribution in [2.24, 2.45) is 0 Å². The van der Waals surface area contributed by atoms with Gasteiger partial charge in [0, 0.05) is 5.69 Å². The molecule has 2 aromatic rings. The van der Waals surface area contributed by atoms with Gasteiger partial charge in [-0.15, -0.1) is 0 Å².